The van der Waals surface area contributed by atoms with E-state index in [0.29, 0.717) is 24.0 Å². The van der Waals surface area contributed by atoms with Gasteiger partial charge in [-0.05, 0) is 25.7 Å². The fraction of sp³-hybridized carbons (Fsp3) is 0.786. The van der Waals surface area contributed by atoms with Gasteiger partial charge in [-0.25, -0.2) is 4.68 Å². The molecule has 118 valence electrons. The monoisotopic (exact) mass is 295 g/mol. The zero-order valence-electron chi connectivity index (χ0n) is 13.1. The summed E-state index contributed by atoms with van der Waals surface area (Å²) in [6, 6.07) is 0.189. The summed E-state index contributed by atoms with van der Waals surface area (Å²) in [4.78, 5) is 13.2. The van der Waals surface area contributed by atoms with Gasteiger partial charge in [0.1, 0.15) is 5.69 Å². The molecule has 0 radical (unpaired) electrons. The second kappa shape index (κ2) is 6.43. The van der Waals surface area contributed by atoms with E-state index in [1.165, 1.54) is 0 Å². The highest BCUT2D eigenvalue weighted by atomic mass is 16.6. The fourth-order valence-electron chi connectivity index (χ4n) is 3.13. The van der Waals surface area contributed by atoms with Gasteiger partial charge in [0.2, 0.25) is 5.82 Å². The van der Waals surface area contributed by atoms with Crippen molar-refractivity contribution < 1.29 is 4.92 Å². The first kappa shape index (κ1) is 15.8. The lowest BCUT2D eigenvalue weighted by Gasteiger charge is -2.37. The minimum absolute atomic E-state index is 0.147. The highest BCUT2D eigenvalue weighted by Gasteiger charge is 2.34. The van der Waals surface area contributed by atoms with Crippen molar-refractivity contribution in [3.05, 3.63) is 15.8 Å². The molecule has 1 aromatic heterocycles. The average molecular weight is 295 g/mol. The van der Waals surface area contributed by atoms with Gasteiger partial charge >= 0.3 is 5.69 Å². The summed E-state index contributed by atoms with van der Waals surface area (Å²) in [6.45, 7) is 8.11. The maximum Gasteiger partial charge on any atom is 0.333 e. The van der Waals surface area contributed by atoms with Gasteiger partial charge in [0.05, 0.1) is 4.92 Å². The van der Waals surface area contributed by atoms with E-state index in [0.717, 1.165) is 32.4 Å². The van der Waals surface area contributed by atoms with Crippen LogP contribution in [0.5, 0.6) is 0 Å². The van der Waals surface area contributed by atoms with E-state index in [4.69, 9.17) is 5.73 Å². The van der Waals surface area contributed by atoms with Gasteiger partial charge in [-0.2, -0.15) is 5.10 Å². The minimum atomic E-state index is -0.306. The van der Waals surface area contributed by atoms with E-state index in [9.17, 15) is 10.1 Å². The summed E-state index contributed by atoms with van der Waals surface area (Å²) in [6.07, 6.45) is 2.76. The number of nitrogens with zero attached hydrogens (tertiary/aromatic N) is 4. The van der Waals surface area contributed by atoms with Gasteiger partial charge in [0.15, 0.2) is 0 Å². The van der Waals surface area contributed by atoms with Crippen molar-refractivity contribution in [1.82, 2.24) is 9.78 Å². The highest BCUT2D eigenvalue weighted by Crippen LogP contribution is 2.34. The van der Waals surface area contributed by atoms with Crippen LogP contribution in [-0.2, 0) is 6.54 Å². The lowest BCUT2D eigenvalue weighted by molar-refractivity contribution is -0.384. The van der Waals surface area contributed by atoms with Gasteiger partial charge in [0.25, 0.3) is 0 Å². The first-order chi connectivity index (χ1) is 9.99. The van der Waals surface area contributed by atoms with Crippen molar-refractivity contribution in [2.24, 2.45) is 11.7 Å². The zero-order chi connectivity index (χ0) is 15.6. The molecular formula is C14H25N5O2. The Morgan fingerprint density at radius 2 is 2.19 bits per heavy atom. The molecule has 2 heterocycles. The summed E-state index contributed by atoms with van der Waals surface area (Å²) >= 11 is 0. The van der Waals surface area contributed by atoms with Gasteiger partial charge in [-0.1, -0.05) is 20.3 Å². The van der Waals surface area contributed by atoms with Crippen molar-refractivity contribution in [2.75, 3.05) is 18.0 Å². The SMILES string of the molecule is CCCn1nc(C)c([N+](=O)[O-])c1N1CCC(N)C(CC)C1. The maximum absolute atomic E-state index is 11.4. The Kier molecular flexibility index (Phi) is 4.82. The molecule has 1 aromatic rings. The van der Waals surface area contributed by atoms with Crippen molar-refractivity contribution >= 4 is 11.5 Å². The van der Waals surface area contributed by atoms with Gasteiger partial charge < -0.3 is 10.6 Å². The van der Waals surface area contributed by atoms with Gasteiger partial charge in [-0.3, -0.25) is 10.1 Å². The van der Waals surface area contributed by atoms with Crippen LogP contribution in [0.15, 0.2) is 0 Å². The highest BCUT2D eigenvalue weighted by molar-refractivity contribution is 5.61. The van der Waals surface area contributed by atoms with Crippen molar-refractivity contribution in [2.45, 2.75) is 52.6 Å². The Hall–Kier alpha value is -1.63. The normalized spacial score (nSPS) is 22.6. The van der Waals surface area contributed by atoms with E-state index in [-0.39, 0.29) is 16.7 Å². The van der Waals surface area contributed by atoms with E-state index < -0.39 is 0 Å². The largest absolute Gasteiger partial charge is 0.351 e. The van der Waals surface area contributed by atoms with Gasteiger partial charge in [-0.15, -0.1) is 0 Å². The van der Waals surface area contributed by atoms with Crippen LogP contribution >= 0.6 is 0 Å². The molecule has 7 heteroatoms. The molecule has 0 amide bonds. The number of aromatic nitrogens is 2. The van der Waals surface area contributed by atoms with Crippen molar-refractivity contribution in [3.63, 3.8) is 0 Å². The first-order valence-corrected chi connectivity index (χ1v) is 7.71. The number of nitro groups is 1. The predicted molar refractivity (Wildman–Crippen MR) is 82.5 cm³/mol. The van der Waals surface area contributed by atoms with Crippen LogP contribution in [0.3, 0.4) is 0 Å². The lowest BCUT2D eigenvalue weighted by Crippen LogP contribution is -2.47. The van der Waals surface area contributed by atoms with Crippen LogP contribution < -0.4 is 10.6 Å². The molecule has 0 bridgehead atoms. The zero-order valence-corrected chi connectivity index (χ0v) is 13.1. The van der Waals surface area contributed by atoms with E-state index in [1.54, 1.807) is 11.6 Å². The fourth-order valence-corrected chi connectivity index (χ4v) is 3.13. The molecule has 2 unspecified atom stereocenters. The molecule has 1 aliphatic rings. The number of aryl methyl sites for hydroxylation is 2. The number of nitrogens with two attached hydrogens (primary N) is 1. The molecule has 0 aromatic carbocycles. The third kappa shape index (κ3) is 3.02. The summed E-state index contributed by atoms with van der Waals surface area (Å²) in [5, 5.41) is 15.8. The molecule has 2 rings (SSSR count). The second-order valence-corrected chi connectivity index (χ2v) is 5.80. The maximum atomic E-state index is 11.4. The Labute approximate surface area is 125 Å². The first-order valence-electron chi connectivity index (χ1n) is 7.71. The minimum Gasteiger partial charge on any atom is -0.351 e. The molecule has 2 atom stereocenters. The van der Waals surface area contributed by atoms with Crippen LogP contribution in [0.1, 0.15) is 38.8 Å². The lowest BCUT2D eigenvalue weighted by atomic mass is 9.90. The van der Waals surface area contributed by atoms with Crippen LogP contribution in [0, 0.1) is 23.0 Å². The van der Waals surface area contributed by atoms with Crippen LogP contribution in [-0.4, -0.2) is 33.8 Å². The standard InChI is InChI=1S/C14H25N5O2/c1-4-7-18-14(13(19(20)21)10(3)16-18)17-8-6-12(15)11(5-2)9-17/h11-12H,4-9,15H2,1-3H3. The summed E-state index contributed by atoms with van der Waals surface area (Å²) in [5.41, 5.74) is 6.79. The summed E-state index contributed by atoms with van der Waals surface area (Å²) in [7, 11) is 0. The average Bonchev–Trinajstić information content (AvgIpc) is 2.76. The third-order valence-electron chi connectivity index (χ3n) is 4.30. The number of rotatable bonds is 5. The van der Waals surface area contributed by atoms with Crippen LogP contribution in [0.2, 0.25) is 0 Å². The predicted octanol–water partition coefficient (Wildman–Crippen LogP) is 2.07. The summed E-state index contributed by atoms with van der Waals surface area (Å²) < 4.78 is 1.79. The molecule has 0 spiro atoms. The molecular weight excluding hydrogens is 270 g/mol. The molecule has 7 nitrogen and oxygen atoms in total. The molecule has 2 N–H and O–H groups in total. The molecule has 1 fully saturated rings. The quantitative estimate of drug-likeness (QED) is 0.663. The molecule has 1 aliphatic heterocycles. The third-order valence-corrected chi connectivity index (χ3v) is 4.30. The molecule has 1 saturated heterocycles. The molecule has 0 saturated carbocycles. The Bertz CT molecular complexity index is 514. The molecule has 21 heavy (non-hydrogen) atoms. The van der Waals surface area contributed by atoms with Gasteiger partial charge in [0, 0.05) is 25.7 Å². The van der Waals surface area contributed by atoms with Crippen molar-refractivity contribution in [3.8, 4) is 0 Å². The van der Waals surface area contributed by atoms with E-state index in [1.807, 2.05) is 6.92 Å². The number of anilines is 1. The number of hydrogen-bond acceptors (Lipinski definition) is 5. The van der Waals surface area contributed by atoms with E-state index in [2.05, 4.69) is 16.9 Å². The Morgan fingerprint density at radius 3 is 2.76 bits per heavy atom. The van der Waals surface area contributed by atoms with Crippen LogP contribution in [0.4, 0.5) is 11.5 Å². The molecule has 0 aliphatic carbocycles. The van der Waals surface area contributed by atoms with Crippen molar-refractivity contribution in [1.29, 1.82) is 0 Å². The smallest absolute Gasteiger partial charge is 0.333 e. The second-order valence-electron chi connectivity index (χ2n) is 5.80. The Morgan fingerprint density at radius 1 is 1.48 bits per heavy atom. The number of piperidine rings is 1. The Balaban J connectivity index is 2.39. The van der Waals surface area contributed by atoms with Crippen LogP contribution in [0.25, 0.3) is 0 Å². The van der Waals surface area contributed by atoms with E-state index >= 15 is 0 Å². The summed E-state index contributed by atoms with van der Waals surface area (Å²) in [5.74, 6) is 1.04. The topological polar surface area (TPSA) is 90.2 Å². The number of hydrogen-bond donors (Lipinski definition) is 1.